The molecule has 0 radical (unpaired) electrons. The topological polar surface area (TPSA) is 122 Å². The van der Waals surface area contributed by atoms with E-state index in [9.17, 15) is 19.2 Å². The van der Waals surface area contributed by atoms with Gasteiger partial charge in [0.2, 0.25) is 5.91 Å². The standard InChI is InChI=1S/C24H28N4O5S/c1-33-18-9-5-16(6-10-18)22(26-21(30)15-28-14-13-20(29)27-24(28)32)23(31)25-17-7-11-19(12-8-17)34(2,3)4/h5-14,22H,15H2,1-4H3,(H,25,31)(H,26,30)(H,27,29,32). The van der Waals surface area contributed by atoms with Crippen molar-refractivity contribution in [3.8, 4) is 5.75 Å². The minimum absolute atomic E-state index is 0.362. The lowest BCUT2D eigenvalue weighted by Crippen LogP contribution is -2.40. The summed E-state index contributed by atoms with van der Waals surface area (Å²) in [5.74, 6) is -0.408. The molecule has 3 N–H and O–H groups in total. The number of nitrogens with zero attached hydrogens (tertiary/aromatic N) is 1. The van der Waals surface area contributed by atoms with Crippen molar-refractivity contribution >= 4 is 27.5 Å². The van der Waals surface area contributed by atoms with Gasteiger partial charge in [-0.3, -0.25) is 23.9 Å². The predicted molar refractivity (Wildman–Crippen MR) is 134 cm³/mol. The van der Waals surface area contributed by atoms with Crippen molar-refractivity contribution in [3.05, 3.63) is 87.2 Å². The molecule has 0 aliphatic rings. The number of nitrogens with one attached hydrogen (secondary N) is 3. The maximum atomic E-state index is 13.2. The van der Waals surface area contributed by atoms with Crippen LogP contribution in [0, 0.1) is 0 Å². The van der Waals surface area contributed by atoms with Crippen LogP contribution in [0.25, 0.3) is 0 Å². The molecule has 1 aromatic heterocycles. The molecule has 10 heteroatoms. The van der Waals surface area contributed by atoms with Gasteiger partial charge in [-0.2, -0.15) is 0 Å². The van der Waals surface area contributed by atoms with Crippen LogP contribution < -0.4 is 26.6 Å². The van der Waals surface area contributed by atoms with Gasteiger partial charge >= 0.3 is 5.69 Å². The average Bonchev–Trinajstić information content (AvgIpc) is 2.79. The quantitative estimate of drug-likeness (QED) is 0.452. The van der Waals surface area contributed by atoms with Crippen LogP contribution in [0.4, 0.5) is 5.69 Å². The molecule has 2 amide bonds. The predicted octanol–water partition coefficient (Wildman–Crippen LogP) is 2.09. The molecule has 0 spiro atoms. The second-order valence-electron chi connectivity index (χ2n) is 8.36. The summed E-state index contributed by atoms with van der Waals surface area (Å²) in [6.07, 6.45) is 7.78. The fourth-order valence-corrected chi connectivity index (χ4v) is 4.14. The van der Waals surface area contributed by atoms with Crippen LogP contribution in [0.3, 0.4) is 0 Å². The molecular formula is C24H28N4O5S. The average molecular weight is 485 g/mol. The van der Waals surface area contributed by atoms with Gasteiger partial charge in [0.05, 0.1) is 7.11 Å². The Morgan fingerprint density at radius 3 is 2.21 bits per heavy atom. The van der Waals surface area contributed by atoms with Gasteiger partial charge < -0.3 is 15.4 Å². The normalized spacial score (nSPS) is 12.5. The summed E-state index contributed by atoms with van der Waals surface area (Å²) in [4.78, 5) is 52.3. The lowest BCUT2D eigenvalue weighted by Gasteiger charge is -2.26. The van der Waals surface area contributed by atoms with Gasteiger partial charge in [-0.1, -0.05) is 12.1 Å². The third-order valence-corrected chi connectivity index (χ3v) is 6.74. The summed E-state index contributed by atoms with van der Waals surface area (Å²) in [6.45, 7) is -0.362. The molecule has 1 unspecified atom stereocenters. The molecule has 34 heavy (non-hydrogen) atoms. The second kappa shape index (κ2) is 10.4. The highest BCUT2D eigenvalue weighted by Crippen LogP contribution is 2.45. The minimum Gasteiger partial charge on any atom is -0.497 e. The smallest absolute Gasteiger partial charge is 0.328 e. The highest BCUT2D eigenvalue weighted by Gasteiger charge is 2.23. The van der Waals surface area contributed by atoms with Crippen molar-refractivity contribution in [2.24, 2.45) is 0 Å². The number of anilines is 1. The van der Waals surface area contributed by atoms with E-state index >= 15 is 0 Å². The first kappa shape index (κ1) is 24.8. The van der Waals surface area contributed by atoms with Crippen LogP contribution in [0.2, 0.25) is 0 Å². The number of amides is 2. The van der Waals surface area contributed by atoms with E-state index in [1.54, 1.807) is 24.3 Å². The highest BCUT2D eigenvalue weighted by molar-refractivity contribution is 8.32. The number of carbonyl (C=O) groups excluding carboxylic acids is 2. The van der Waals surface area contributed by atoms with E-state index in [1.807, 2.05) is 24.3 Å². The minimum atomic E-state index is -1.02. The van der Waals surface area contributed by atoms with Crippen molar-refractivity contribution in [1.82, 2.24) is 14.9 Å². The molecule has 0 saturated heterocycles. The molecule has 2 aromatic carbocycles. The second-order valence-corrected chi connectivity index (χ2v) is 12.5. The third kappa shape index (κ3) is 6.38. The zero-order chi connectivity index (χ0) is 24.9. The molecular weight excluding hydrogens is 456 g/mol. The van der Waals surface area contributed by atoms with Gasteiger partial charge in [-0.15, -0.1) is 0 Å². The summed E-state index contributed by atoms with van der Waals surface area (Å²) >= 11 is 0. The summed E-state index contributed by atoms with van der Waals surface area (Å²) in [5, 5.41) is 5.52. The highest BCUT2D eigenvalue weighted by atomic mass is 32.3. The van der Waals surface area contributed by atoms with Crippen molar-refractivity contribution in [2.75, 3.05) is 31.2 Å². The first-order valence-corrected chi connectivity index (χ1v) is 13.2. The first-order valence-electron chi connectivity index (χ1n) is 10.4. The van der Waals surface area contributed by atoms with Crippen molar-refractivity contribution < 1.29 is 14.3 Å². The Kier molecular flexibility index (Phi) is 7.62. The number of H-pyrrole nitrogens is 1. The van der Waals surface area contributed by atoms with Gasteiger partial charge in [0, 0.05) is 18.0 Å². The summed E-state index contributed by atoms with van der Waals surface area (Å²) in [5.41, 5.74) is -0.136. The maximum absolute atomic E-state index is 13.2. The first-order chi connectivity index (χ1) is 16.1. The van der Waals surface area contributed by atoms with Crippen molar-refractivity contribution in [3.63, 3.8) is 0 Å². The molecule has 0 saturated carbocycles. The van der Waals surface area contributed by atoms with E-state index in [4.69, 9.17) is 4.74 Å². The molecule has 0 aliphatic heterocycles. The Labute approximate surface area is 198 Å². The number of hydrogen-bond donors (Lipinski definition) is 3. The number of methoxy groups -OCH3 is 1. The van der Waals surface area contributed by atoms with Crippen LogP contribution in [0.15, 0.2) is 75.3 Å². The molecule has 0 aliphatic carbocycles. The van der Waals surface area contributed by atoms with Gasteiger partial charge in [0.15, 0.2) is 0 Å². The Hall–Kier alpha value is -3.79. The van der Waals surface area contributed by atoms with E-state index < -0.39 is 39.1 Å². The van der Waals surface area contributed by atoms with E-state index in [0.29, 0.717) is 17.0 Å². The van der Waals surface area contributed by atoms with Crippen LogP contribution in [-0.4, -0.2) is 47.2 Å². The van der Waals surface area contributed by atoms with Crippen LogP contribution in [0.5, 0.6) is 5.75 Å². The summed E-state index contributed by atoms with van der Waals surface area (Å²) in [7, 11) is 0.636. The monoisotopic (exact) mass is 484 g/mol. The van der Waals surface area contributed by atoms with E-state index in [2.05, 4.69) is 34.4 Å². The zero-order valence-electron chi connectivity index (χ0n) is 19.5. The lowest BCUT2D eigenvalue weighted by molar-refractivity contribution is -0.127. The van der Waals surface area contributed by atoms with E-state index in [0.717, 1.165) is 10.6 Å². The lowest BCUT2D eigenvalue weighted by atomic mass is 10.1. The number of hydrogen-bond acceptors (Lipinski definition) is 5. The Bertz CT molecular complexity index is 1270. The number of rotatable bonds is 8. The third-order valence-electron chi connectivity index (χ3n) is 5.06. The largest absolute Gasteiger partial charge is 0.497 e. The Morgan fingerprint density at radius 1 is 1.00 bits per heavy atom. The SMILES string of the molecule is COc1ccc(C(NC(=O)Cn2ccc(=O)[nH]c2=O)C(=O)Nc2ccc(S(C)(C)C)cc2)cc1. The molecule has 3 aromatic rings. The van der Waals surface area contributed by atoms with Gasteiger partial charge in [-0.25, -0.2) is 14.8 Å². The molecule has 1 heterocycles. The molecule has 9 nitrogen and oxygen atoms in total. The number of aromatic nitrogens is 2. The molecule has 3 rings (SSSR count). The molecule has 0 bridgehead atoms. The van der Waals surface area contributed by atoms with E-state index in [1.165, 1.54) is 18.2 Å². The van der Waals surface area contributed by atoms with Crippen LogP contribution >= 0.6 is 10.0 Å². The fraction of sp³-hybridized carbons (Fsp3) is 0.250. The van der Waals surface area contributed by atoms with E-state index in [-0.39, 0.29) is 6.54 Å². The number of ether oxygens (including phenoxy) is 1. The van der Waals surface area contributed by atoms with Gasteiger partial charge in [0.1, 0.15) is 18.3 Å². The van der Waals surface area contributed by atoms with Crippen LogP contribution in [-0.2, 0) is 16.1 Å². The Morgan fingerprint density at radius 2 is 1.65 bits per heavy atom. The number of benzene rings is 2. The fourth-order valence-electron chi connectivity index (χ4n) is 3.19. The van der Waals surface area contributed by atoms with Crippen LogP contribution in [0.1, 0.15) is 11.6 Å². The molecule has 180 valence electrons. The summed E-state index contributed by atoms with van der Waals surface area (Å²) in [6, 6.07) is 14.5. The molecule has 1 atom stereocenters. The maximum Gasteiger partial charge on any atom is 0.328 e. The van der Waals surface area contributed by atoms with Crippen molar-refractivity contribution in [1.29, 1.82) is 0 Å². The molecule has 0 fully saturated rings. The van der Waals surface area contributed by atoms with Crippen molar-refractivity contribution in [2.45, 2.75) is 17.5 Å². The Balaban J connectivity index is 1.82. The zero-order valence-corrected chi connectivity index (χ0v) is 20.3. The summed E-state index contributed by atoms with van der Waals surface area (Å²) < 4.78 is 6.22. The van der Waals surface area contributed by atoms with Gasteiger partial charge in [-0.05, 0) is 65.6 Å². The van der Waals surface area contributed by atoms with Gasteiger partial charge in [0.25, 0.3) is 11.5 Å². The number of carbonyl (C=O) groups is 2. The number of aromatic amines is 1.